The van der Waals surface area contributed by atoms with Crippen molar-refractivity contribution in [3.05, 3.63) is 52.1 Å². The third-order valence-corrected chi connectivity index (χ3v) is 6.08. The number of hydrogen-bond acceptors (Lipinski definition) is 6. The van der Waals surface area contributed by atoms with E-state index in [2.05, 4.69) is 20.1 Å². The summed E-state index contributed by atoms with van der Waals surface area (Å²) in [7, 11) is 3.40. The van der Waals surface area contributed by atoms with Crippen LogP contribution in [0.3, 0.4) is 0 Å². The van der Waals surface area contributed by atoms with Crippen LogP contribution in [0.2, 0.25) is 10.0 Å². The summed E-state index contributed by atoms with van der Waals surface area (Å²) >= 11 is 12.3. The van der Waals surface area contributed by atoms with Crippen LogP contribution >= 0.6 is 23.2 Å². The number of likely N-dealkylation sites (tertiary alicyclic amines) is 1. The molecule has 1 aliphatic rings. The number of carbonyl (C=O) groups is 2. The van der Waals surface area contributed by atoms with Gasteiger partial charge in [0.1, 0.15) is 0 Å². The third kappa shape index (κ3) is 6.09. The van der Waals surface area contributed by atoms with Gasteiger partial charge in [-0.15, -0.1) is 0 Å². The average Bonchev–Trinajstić information content (AvgIpc) is 2.78. The normalized spacial score (nSPS) is 14.8. The molecule has 0 atom stereocenters. The Morgan fingerprint density at radius 3 is 2.68 bits per heavy atom. The molecule has 0 unspecified atom stereocenters. The molecule has 7 nitrogen and oxygen atoms in total. The lowest BCUT2D eigenvalue weighted by molar-refractivity contribution is -0.141. The largest absolute Gasteiger partial charge is 0.469 e. The van der Waals surface area contributed by atoms with Crippen molar-refractivity contribution in [3.8, 4) is 0 Å². The Hall–Kier alpha value is -2.35. The van der Waals surface area contributed by atoms with E-state index in [-0.39, 0.29) is 17.9 Å². The van der Waals surface area contributed by atoms with Crippen molar-refractivity contribution >= 4 is 46.6 Å². The van der Waals surface area contributed by atoms with E-state index < -0.39 is 0 Å². The molecule has 0 saturated carbocycles. The van der Waals surface area contributed by atoms with Gasteiger partial charge in [0.15, 0.2) is 5.82 Å². The minimum absolute atomic E-state index is 0.191. The number of methoxy groups -OCH3 is 1. The Labute approximate surface area is 192 Å². The van der Waals surface area contributed by atoms with Gasteiger partial charge in [-0.25, -0.2) is 4.98 Å². The summed E-state index contributed by atoms with van der Waals surface area (Å²) < 4.78 is 4.72. The molecule has 31 heavy (non-hydrogen) atoms. The highest BCUT2D eigenvalue weighted by Crippen LogP contribution is 2.29. The first-order valence-electron chi connectivity index (χ1n) is 10.1. The first kappa shape index (κ1) is 23.3. The van der Waals surface area contributed by atoms with Gasteiger partial charge in [-0.05, 0) is 43.2 Å². The summed E-state index contributed by atoms with van der Waals surface area (Å²) in [6, 6.07) is 8.94. The van der Waals surface area contributed by atoms with Gasteiger partial charge in [0, 0.05) is 49.6 Å². The predicted molar refractivity (Wildman–Crippen MR) is 123 cm³/mol. The Morgan fingerprint density at radius 1 is 1.26 bits per heavy atom. The summed E-state index contributed by atoms with van der Waals surface area (Å²) in [6.07, 6.45) is 3.82. The van der Waals surface area contributed by atoms with Crippen molar-refractivity contribution in [1.29, 1.82) is 0 Å². The molecule has 3 rings (SSSR count). The number of nitrogens with one attached hydrogen (secondary N) is 1. The van der Waals surface area contributed by atoms with Crippen LogP contribution in [0, 0.1) is 0 Å². The maximum atomic E-state index is 13.0. The van der Waals surface area contributed by atoms with Crippen LogP contribution in [-0.4, -0.2) is 61.6 Å². The van der Waals surface area contributed by atoms with Gasteiger partial charge < -0.3 is 19.9 Å². The maximum Gasteiger partial charge on any atom is 0.306 e. The van der Waals surface area contributed by atoms with E-state index in [0.29, 0.717) is 34.4 Å². The predicted octanol–water partition coefficient (Wildman–Crippen LogP) is 4.10. The summed E-state index contributed by atoms with van der Waals surface area (Å²) in [5.74, 6) is -0.203. The van der Waals surface area contributed by atoms with Crippen LogP contribution in [-0.2, 0) is 9.53 Å². The zero-order valence-electron chi connectivity index (χ0n) is 17.6. The lowest BCUT2D eigenvalue weighted by Crippen LogP contribution is -2.44. The van der Waals surface area contributed by atoms with Crippen molar-refractivity contribution in [2.75, 3.05) is 44.0 Å². The molecule has 1 fully saturated rings. The Morgan fingerprint density at radius 2 is 2.00 bits per heavy atom. The first-order valence-corrected chi connectivity index (χ1v) is 10.9. The smallest absolute Gasteiger partial charge is 0.306 e. The standard InChI is InChI=1S/C22H26Cl2N4O3/c1-27(16-7-11-28(12-8-16)13-9-20(29)31-2)19-6-5-15(23)14-17(19)22(30)26-21-18(24)4-3-10-25-21/h3-6,10,14,16H,7-9,11-13H2,1-2H3,(H,25,26,30). The molecular formula is C22H26Cl2N4O3. The molecule has 1 aromatic heterocycles. The second-order valence-corrected chi connectivity index (χ2v) is 8.30. The molecule has 0 bridgehead atoms. The van der Waals surface area contributed by atoms with Gasteiger partial charge in [0.2, 0.25) is 0 Å². The molecule has 1 amide bonds. The van der Waals surface area contributed by atoms with Gasteiger partial charge in [0.05, 0.1) is 24.1 Å². The van der Waals surface area contributed by atoms with Crippen LogP contribution in [0.5, 0.6) is 0 Å². The topological polar surface area (TPSA) is 74.8 Å². The lowest BCUT2D eigenvalue weighted by atomic mass is 10.0. The second kappa shape index (κ2) is 10.8. The number of esters is 1. The number of rotatable bonds is 7. The van der Waals surface area contributed by atoms with Crippen LogP contribution in [0.15, 0.2) is 36.5 Å². The molecule has 1 aromatic carbocycles. The van der Waals surface area contributed by atoms with Gasteiger partial charge in [-0.2, -0.15) is 0 Å². The number of ether oxygens (including phenoxy) is 1. The highest BCUT2D eigenvalue weighted by molar-refractivity contribution is 6.34. The van der Waals surface area contributed by atoms with E-state index in [0.717, 1.165) is 31.6 Å². The number of hydrogen-bond donors (Lipinski definition) is 1. The minimum atomic E-state index is -0.319. The Kier molecular flexibility index (Phi) is 8.12. The van der Waals surface area contributed by atoms with E-state index >= 15 is 0 Å². The van der Waals surface area contributed by atoms with Crippen molar-refractivity contribution in [2.24, 2.45) is 0 Å². The Bertz CT molecular complexity index is 933. The molecule has 0 radical (unpaired) electrons. The molecule has 0 spiro atoms. The Balaban J connectivity index is 1.69. The van der Waals surface area contributed by atoms with E-state index in [1.54, 1.807) is 30.5 Å². The molecule has 166 valence electrons. The fourth-order valence-electron chi connectivity index (χ4n) is 3.73. The maximum absolute atomic E-state index is 13.0. The van der Waals surface area contributed by atoms with Crippen LogP contribution in [0.25, 0.3) is 0 Å². The summed E-state index contributed by atoms with van der Waals surface area (Å²) in [5.41, 5.74) is 1.26. The van der Waals surface area contributed by atoms with E-state index in [4.69, 9.17) is 27.9 Å². The molecule has 2 heterocycles. The number of nitrogens with zero attached hydrogens (tertiary/aromatic N) is 3. The van der Waals surface area contributed by atoms with Crippen LogP contribution in [0.1, 0.15) is 29.6 Å². The summed E-state index contributed by atoms with van der Waals surface area (Å²) in [5, 5.41) is 3.62. The zero-order valence-corrected chi connectivity index (χ0v) is 19.1. The van der Waals surface area contributed by atoms with Gasteiger partial charge in [0.25, 0.3) is 5.91 Å². The number of aromatic nitrogens is 1. The molecule has 9 heteroatoms. The molecule has 1 aliphatic heterocycles. The number of carbonyl (C=O) groups excluding carboxylic acids is 2. The van der Waals surface area contributed by atoms with Crippen LogP contribution in [0.4, 0.5) is 11.5 Å². The van der Waals surface area contributed by atoms with Crippen molar-refractivity contribution in [2.45, 2.75) is 25.3 Å². The zero-order chi connectivity index (χ0) is 22.4. The van der Waals surface area contributed by atoms with Crippen molar-refractivity contribution < 1.29 is 14.3 Å². The quantitative estimate of drug-likeness (QED) is 0.621. The highest BCUT2D eigenvalue weighted by atomic mass is 35.5. The molecule has 1 saturated heterocycles. The number of pyridine rings is 1. The number of piperidine rings is 1. The molecule has 2 aromatic rings. The average molecular weight is 465 g/mol. The van der Waals surface area contributed by atoms with Gasteiger partial charge in [-0.3, -0.25) is 9.59 Å². The highest BCUT2D eigenvalue weighted by Gasteiger charge is 2.26. The number of amides is 1. The fourth-order valence-corrected chi connectivity index (χ4v) is 4.07. The number of benzene rings is 1. The van der Waals surface area contributed by atoms with Gasteiger partial charge >= 0.3 is 5.97 Å². The second-order valence-electron chi connectivity index (χ2n) is 7.46. The lowest BCUT2D eigenvalue weighted by Gasteiger charge is -2.38. The molecule has 0 aliphatic carbocycles. The van der Waals surface area contributed by atoms with E-state index in [1.165, 1.54) is 7.11 Å². The number of halogens is 2. The number of anilines is 2. The molecule has 1 N–H and O–H groups in total. The minimum Gasteiger partial charge on any atom is -0.469 e. The summed E-state index contributed by atoms with van der Waals surface area (Å²) in [6.45, 7) is 2.46. The third-order valence-electron chi connectivity index (χ3n) is 5.54. The molecular weight excluding hydrogens is 439 g/mol. The van der Waals surface area contributed by atoms with Gasteiger partial charge in [-0.1, -0.05) is 23.2 Å². The van der Waals surface area contributed by atoms with Crippen LogP contribution < -0.4 is 10.2 Å². The first-order chi connectivity index (χ1) is 14.9. The van der Waals surface area contributed by atoms with E-state index in [1.807, 2.05) is 13.1 Å². The van der Waals surface area contributed by atoms with E-state index in [9.17, 15) is 9.59 Å². The van der Waals surface area contributed by atoms with Crippen molar-refractivity contribution in [1.82, 2.24) is 9.88 Å². The SMILES string of the molecule is COC(=O)CCN1CCC(N(C)c2ccc(Cl)cc2C(=O)Nc2ncccc2Cl)CC1. The summed E-state index contributed by atoms with van der Waals surface area (Å²) in [4.78, 5) is 32.9. The van der Waals surface area contributed by atoms with Crippen molar-refractivity contribution in [3.63, 3.8) is 0 Å². The fraction of sp³-hybridized carbons (Fsp3) is 0.409. The monoisotopic (exact) mass is 464 g/mol.